The highest BCUT2D eigenvalue weighted by atomic mass is 32.2. The van der Waals surface area contributed by atoms with Crippen LogP contribution in [0.2, 0.25) is 0 Å². The molecule has 116 valence electrons. The zero-order chi connectivity index (χ0) is 15.8. The van der Waals surface area contributed by atoms with Gasteiger partial charge >= 0.3 is 5.97 Å². The Kier molecular flexibility index (Phi) is 4.54. The first-order valence-corrected chi connectivity index (χ1v) is 8.66. The van der Waals surface area contributed by atoms with Gasteiger partial charge in [-0.25, -0.2) is 22.0 Å². The van der Waals surface area contributed by atoms with Crippen LogP contribution in [0.1, 0.15) is 17.3 Å². The Balaban J connectivity index is 2.56. The summed E-state index contributed by atoms with van der Waals surface area (Å²) in [5, 5.41) is 8.85. The second kappa shape index (κ2) is 5.90. The third kappa shape index (κ3) is 3.04. The third-order valence-electron chi connectivity index (χ3n) is 3.14. The van der Waals surface area contributed by atoms with Gasteiger partial charge in [-0.05, 0) is 19.1 Å². The molecule has 1 aromatic rings. The predicted octanol–water partition coefficient (Wildman–Crippen LogP) is 1.79. The second-order valence-electron chi connectivity index (χ2n) is 4.62. The third-order valence-corrected chi connectivity index (χ3v) is 6.34. The molecule has 0 spiro atoms. The first-order chi connectivity index (χ1) is 9.75. The molecule has 1 unspecified atom stereocenters. The molecule has 1 saturated heterocycles. The molecule has 1 atom stereocenters. The topological polar surface area (TPSA) is 74.7 Å². The van der Waals surface area contributed by atoms with Crippen molar-refractivity contribution in [3.8, 4) is 0 Å². The Bertz CT molecular complexity index is 678. The van der Waals surface area contributed by atoms with Gasteiger partial charge in [-0.1, -0.05) is 0 Å². The zero-order valence-corrected chi connectivity index (χ0v) is 12.7. The number of halogens is 2. The van der Waals surface area contributed by atoms with Crippen molar-refractivity contribution in [2.75, 3.05) is 18.1 Å². The first-order valence-electron chi connectivity index (χ1n) is 6.07. The lowest BCUT2D eigenvalue weighted by Gasteiger charge is -2.32. The van der Waals surface area contributed by atoms with E-state index in [-0.39, 0.29) is 12.6 Å². The molecule has 5 nitrogen and oxygen atoms in total. The molecule has 21 heavy (non-hydrogen) atoms. The molecular weight excluding hydrogens is 324 g/mol. The number of carboxylic acids is 1. The van der Waals surface area contributed by atoms with Gasteiger partial charge in [-0.2, -0.15) is 16.1 Å². The number of hydrogen-bond donors (Lipinski definition) is 1. The fourth-order valence-corrected chi connectivity index (χ4v) is 5.03. The van der Waals surface area contributed by atoms with Crippen molar-refractivity contribution in [3.63, 3.8) is 0 Å². The lowest BCUT2D eigenvalue weighted by atomic mass is 10.2. The van der Waals surface area contributed by atoms with Crippen molar-refractivity contribution >= 4 is 27.8 Å². The van der Waals surface area contributed by atoms with E-state index in [1.54, 1.807) is 18.7 Å². The molecule has 0 bridgehead atoms. The summed E-state index contributed by atoms with van der Waals surface area (Å²) >= 11 is 1.57. The summed E-state index contributed by atoms with van der Waals surface area (Å²) in [6.45, 7) is 1.84. The molecule has 0 amide bonds. The van der Waals surface area contributed by atoms with Crippen molar-refractivity contribution in [3.05, 3.63) is 29.3 Å². The lowest BCUT2D eigenvalue weighted by molar-refractivity contribution is 0.0696. The molecular formula is C12H13F2NO4S2. The Labute approximate surface area is 125 Å². The highest BCUT2D eigenvalue weighted by Crippen LogP contribution is 2.28. The number of aromatic carboxylic acids is 1. The van der Waals surface area contributed by atoms with Gasteiger partial charge in [0.15, 0.2) is 11.6 Å². The molecule has 1 fully saturated rings. The number of nitrogens with zero attached hydrogens (tertiary/aromatic N) is 1. The minimum Gasteiger partial charge on any atom is -0.478 e. The summed E-state index contributed by atoms with van der Waals surface area (Å²) in [6.07, 6.45) is 0. The van der Waals surface area contributed by atoms with Crippen molar-refractivity contribution in [1.82, 2.24) is 4.31 Å². The van der Waals surface area contributed by atoms with E-state index in [0.29, 0.717) is 23.6 Å². The number of hydrogen-bond acceptors (Lipinski definition) is 4. The van der Waals surface area contributed by atoms with Crippen LogP contribution >= 0.6 is 11.8 Å². The van der Waals surface area contributed by atoms with E-state index in [2.05, 4.69) is 0 Å². The lowest BCUT2D eigenvalue weighted by Crippen LogP contribution is -2.44. The van der Waals surface area contributed by atoms with E-state index < -0.39 is 38.1 Å². The van der Waals surface area contributed by atoms with E-state index in [1.807, 2.05) is 0 Å². The van der Waals surface area contributed by atoms with E-state index in [0.717, 1.165) is 4.31 Å². The molecule has 1 aliphatic heterocycles. The average Bonchev–Trinajstić information content (AvgIpc) is 2.41. The van der Waals surface area contributed by atoms with Crippen LogP contribution in [0, 0.1) is 11.6 Å². The molecule has 1 aliphatic rings. The van der Waals surface area contributed by atoms with Crippen LogP contribution in [0.3, 0.4) is 0 Å². The van der Waals surface area contributed by atoms with Crippen LogP contribution in [-0.2, 0) is 10.0 Å². The number of thioether (sulfide) groups is 1. The van der Waals surface area contributed by atoms with Crippen LogP contribution in [0.15, 0.2) is 17.0 Å². The number of sulfonamides is 1. The van der Waals surface area contributed by atoms with E-state index >= 15 is 0 Å². The van der Waals surface area contributed by atoms with Gasteiger partial charge < -0.3 is 5.11 Å². The number of benzene rings is 1. The predicted molar refractivity (Wildman–Crippen MR) is 74.0 cm³/mol. The molecule has 9 heteroatoms. The Morgan fingerprint density at radius 3 is 2.67 bits per heavy atom. The minimum atomic E-state index is -4.28. The average molecular weight is 337 g/mol. The van der Waals surface area contributed by atoms with Gasteiger partial charge in [-0.3, -0.25) is 0 Å². The maximum Gasteiger partial charge on any atom is 0.335 e. The monoisotopic (exact) mass is 337 g/mol. The Hall–Kier alpha value is -1.19. The van der Waals surface area contributed by atoms with Crippen molar-refractivity contribution < 1.29 is 27.1 Å². The number of carboxylic acid groups (broad SMARTS) is 1. The van der Waals surface area contributed by atoms with Crippen LogP contribution in [0.4, 0.5) is 8.78 Å². The SMILES string of the molecule is CC1CSCCN1S(=O)(=O)c1cc(C(=O)O)cc(F)c1F. The molecule has 1 heterocycles. The van der Waals surface area contributed by atoms with Crippen molar-refractivity contribution in [2.45, 2.75) is 17.9 Å². The van der Waals surface area contributed by atoms with Gasteiger partial charge in [0.1, 0.15) is 4.90 Å². The molecule has 0 aromatic heterocycles. The van der Waals surface area contributed by atoms with Gasteiger partial charge in [0.2, 0.25) is 10.0 Å². The fourth-order valence-electron chi connectivity index (χ4n) is 2.07. The van der Waals surface area contributed by atoms with E-state index in [1.165, 1.54) is 0 Å². The number of carbonyl (C=O) groups is 1. The summed E-state index contributed by atoms with van der Waals surface area (Å²) in [4.78, 5) is 9.95. The van der Waals surface area contributed by atoms with Gasteiger partial charge in [0, 0.05) is 24.1 Å². The quantitative estimate of drug-likeness (QED) is 0.910. The van der Waals surface area contributed by atoms with Gasteiger partial charge in [0.25, 0.3) is 0 Å². The Morgan fingerprint density at radius 1 is 1.43 bits per heavy atom. The van der Waals surface area contributed by atoms with Crippen LogP contribution < -0.4 is 0 Å². The minimum absolute atomic E-state index is 0.173. The summed E-state index contributed by atoms with van der Waals surface area (Å²) in [7, 11) is -4.28. The van der Waals surface area contributed by atoms with E-state index in [9.17, 15) is 22.0 Å². The summed E-state index contributed by atoms with van der Waals surface area (Å²) in [5.41, 5.74) is -0.605. The van der Waals surface area contributed by atoms with Crippen LogP contribution in [0.25, 0.3) is 0 Å². The Morgan fingerprint density at radius 2 is 2.10 bits per heavy atom. The summed E-state index contributed by atoms with van der Waals surface area (Å²) < 4.78 is 53.3. The molecule has 1 aromatic carbocycles. The van der Waals surface area contributed by atoms with Crippen molar-refractivity contribution in [2.24, 2.45) is 0 Å². The standard InChI is InChI=1S/C12H13F2NO4S2/c1-7-6-20-3-2-15(7)21(18,19)10-5-8(12(16)17)4-9(13)11(10)14/h4-5,7H,2-3,6H2,1H3,(H,16,17). The van der Waals surface area contributed by atoms with Crippen LogP contribution in [-0.4, -0.2) is 47.9 Å². The maximum absolute atomic E-state index is 13.8. The van der Waals surface area contributed by atoms with E-state index in [4.69, 9.17) is 5.11 Å². The van der Waals surface area contributed by atoms with Gasteiger partial charge in [0.05, 0.1) is 5.56 Å². The smallest absolute Gasteiger partial charge is 0.335 e. The summed E-state index contributed by atoms with van der Waals surface area (Å²) in [6, 6.07) is 0.751. The molecule has 2 rings (SSSR count). The zero-order valence-electron chi connectivity index (χ0n) is 11.0. The maximum atomic E-state index is 13.8. The first kappa shape index (κ1) is 16.2. The molecule has 0 saturated carbocycles. The number of rotatable bonds is 3. The normalized spacial score (nSPS) is 20.4. The highest BCUT2D eigenvalue weighted by molar-refractivity contribution is 7.99. The van der Waals surface area contributed by atoms with Crippen LogP contribution in [0.5, 0.6) is 0 Å². The second-order valence-corrected chi connectivity index (χ2v) is 7.62. The molecule has 0 radical (unpaired) electrons. The molecule has 1 N–H and O–H groups in total. The van der Waals surface area contributed by atoms with Crippen molar-refractivity contribution in [1.29, 1.82) is 0 Å². The largest absolute Gasteiger partial charge is 0.478 e. The van der Waals surface area contributed by atoms with Gasteiger partial charge in [-0.15, -0.1) is 0 Å². The summed E-state index contributed by atoms with van der Waals surface area (Å²) in [5.74, 6) is -3.47. The highest BCUT2D eigenvalue weighted by Gasteiger charge is 2.34. The fraction of sp³-hybridized carbons (Fsp3) is 0.417. The molecule has 0 aliphatic carbocycles.